The summed E-state index contributed by atoms with van der Waals surface area (Å²) in [6.45, 7) is 0.595. The summed E-state index contributed by atoms with van der Waals surface area (Å²) < 4.78 is 47.0. The van der Waals surface area contributed by atoms with Crippen LogP contribution in [0.15, 0.2) is 48.5 Å². The molecule has 0 heterocycles. The lowest BCUT2D eigenvalue weighted by Crippen LogP contribution is -2.12. The molecule has 0 saturated heterocycles. The van der Waals surface area contributed by atoms with Crippen molar-refractivity contribution in [3.05, 3.63) is 65.5 Å². The maximum Gasteiger partial charge on any atom is 0.313 e. The normalized spacial score (nSPS) is 11.4. The fourth-order valence-electron chi connectivity index (χ4n) is 1.94. The van der Waals surface area contributed by atoms with E-state index >= 15 is 0 Å². The Balaban J connectivity index is 2.02. The van der Waals surface area contributed by atoms with Crippen molar-refractivity contribution in [2.45, 2.75) is 12.2 Å². The Hall–Kier alpha value is -1.92. The Labute approximate surface area is 129 Å². The van der Waals surface area contributed by atoms with Crippen molar-refractivity contribution in [2.75, 3.05) is 13.7 Å². The average Bonchev–Trinajstić information content (AvgIpc) is 2.45. The largest absolute Gasteiger partial charge is 0.384 e. The first-order chi connectivity index (χ1) is 10.5. The second-order valence-electron chi connectivity index (χ2n) is 4.80. The van der Waals surface area contributed by atoms with Crippen LogP contribution < -0.4 is 4.18 Å². The molecule has 0 aromatic heterocycles. The van der Waals surface area contributed by atoms with Gasteiger partial charge in [0.25, 0.3) is 0 Å². The first-order valence-electron chi connectivity index (χ1n) is 6.73. The number of hydrogen-bond acceptors (Lipinski definition) is 4. The molecule has 4 nitrogen and oxygen atoms in total. The summed E-state index contributed by atoms with van der Waals surface area (Å²) >= 11 is 0. The summed E-state index contributed by atoms with van der Waals surface area (Å²) in [5.74, 6) is -0.622. The predicted octanol–water partition coefficient (Wildman–Crippen LogP) is 2.92. The van der Waals surface area contributed by atoms with Gasteiger partial charge in [0.2, 0.25) is 0 Å². The highest BCUT2D eigenvalue weighted by atomic mass is 32.2. The van der Waals surface area contributed by atoms with Crippen molar-refractivity contribution in [2.24, 2.45) is 0 Å². The molecular weight excluding hydrogens is 307 g/mol. The zero-order valence-electron chi connectivity index (χ0n) is 12.2. The quantitative estimate of drug-likeness (QED) is 0.735. The smallest absolute Gasteiger partial charge is 0.313 e. The standard InChI is InChI=1S/C16H17FO4S/c1-20-10-9-13-5-7-16(8-6-13)21-22(18,19)12-14-3-2-4-15(17)11-14/h2-8,11H,9-10,12H2,1H3. The van der Waals surface area contributed by atoms with Crippen LogP contribution in [-0.2, 0) is 27.0 Å². The highest BCUT2D eigenvalue weighted by Crippen LogP contribution is 2.17. The number of benzene rings is 2. The van der Waals surface area contributed by atoms with Gasteiger partial charge in [-0.15, -0.1) is 0 Å². The van der Waals surface area contributed by atoms with E-state index in [1.165, 1.54) is 24.3 Å². The van der Waals surface area contributed by atoms with Crippen LogP contribution in [0.5, 0.6) is 5.75 Å². The van der Waals surface area contributed by atoms with Crippen LogP contribution in [0.3, 0.4) is 0 Å². The Morgan fingerprint density at radius 3 is 2.41 bits per heavy atom. The molecule has 0 bridgehead atoms. The fourth-order valence-corrected chi connectivity index (χ4v) is 2.99. The first kappa shape index (κ1) is 16.5. The van der Waals surface area contributed by atoms with Gasteiger partial charge in [-0.2, -0.15) is 8.42 Å². The van der Waals surface area contributed by atoms with Gasteiger partial charge < -0.3 is 8.92 Å². The van der Waals surface area contributed by atoms with E-state index in [-0.39, 0.29) is 11.5 Å². The predicted molar refractivity (Wildman–Crippen MR) is 81.7 cm³/mol. The molecule has 0 amide bonds. The molecule has 0 aliphatic rings. The molecule has 0 atom stereocenters. The summed E-state index contributed by atoms with van der Waals surface area (Å²) in [6, 6.07) is 12.2. The Kier molecular flexibility index (Phi) is 5.51. The van der Waals surface area contributed by atoms with Crippen LogP contribution in [-0.4, -0.2) is 22.1 Å². The SMILES string of the molecule is COCCc1ccc(OS(=O)(=O)Cc2cccc(F)c2)cc1. The summed E-state index contributed by atoms with van der Waals surface area (Å²) in [4.78, 5) is 0. The minimum Gasteiger partial charge on any atom is -0.384 e. The fraction of sp³-hybridized carbons (Fsp3) is 0.250. The summed E-state index contributed by atoms with van der Waals surface area (Å²) in [6.07, 6.45) is 0.743. The maximum atomic E-state index is 13.1. The van der Waals surface area contributed by atoms with E-state index in [0.717, 1.165) is 12.0 Å². The van der Waals surface area contributed by atoms with Gasteiger partial charge in [-0.05, 0) is 41.8 Å². The Morgan fingerprint density at radius 2 is 1.77 bits per heavy atom. The third-order valence-electron chi connectivity index (χ3n) is 2.97. The molecule has 0 unspecified atom stereocenters. The lowest BCUT2D eigenvalue weighted by molar-refractivity contribution is 0.202. The van der Waals surface area contributed by atoms with Crippen LogP contribution >= 0.6 is 0 Å². The zero-order valence-corrected chi connectivity index (χ0v) is 13.0. The van der Waals surface area contributed by atoms with E-state index < -0.39 is 15.9 Å². The number of methoxy groups -OCH3 is 1. The van der Waals surface area contributed by atoms with Gasteiger partial charge in [0.15, 0.2) is 0 Å². The molecule has 0 spiro atoms. The molecule has 2 rings (SSSR count). The number of ether oxygens (including phenoxy) is 1. The van der Waals surface area contributed by atoms with Gasteiger partial charge in [-0.3, -0.25) is 0 Å². The van der Waals surface area contributed by atoms with Crippen molar-refractivity contribution in [3.8, 4) is 5.75 Å². The summed E-state index contributed by atoms with van der Waals surface area (Å²) in [7, 11) is -2.20. The van der Waals surface area contributed by atoms with Gasteiger partial charge in [0.05, 0.1) is 6.61 Å². The van der Waals surface area contributed by atoms with Gasteiger partial charge in [0, 0.05) is 7.11 Å². The van der Waals surface area contributed by atoms with E-state index in [1.54, 1.807) is 31.4 Å². The summed E-state index contributed by atoms with van der Waals surface area (Å²) in [5, 5.41) is 0. The van der Waals surface area contributed by atoms with Crippen molar-refractivity contribution in [1.82, 2.24) is 0 Å². The first-order valence-corrected chi connectivity index (χ1v) is 8.31. The number of hydrogen-bond donors (Lipinski definition) is 0. The van der Waals surface area contributed by atoms with E-state index in [2.05, 4.69) is 0 Å². The lowest BCUT2D eigenvalue weighted by Gasteiger charge is -2.08. The minimum absolute atomic E-state index is 0.234. The lowest BCUT2D eigenvalue weighted by atomic mass is 10.1. The molecule has 2 aromatic carbocycles. The van der Waals surface area contributed by atoms with Crippen LogP contribution in [0.4, 0.5) is 4.39 Å². The van der Waals surface area contributed by atoms with Gasteiger partial charge in [-0.1, -0.05) is 24.3 Å². The Morgan fingerprint density at radius 1 is 1.05 bits per heavy atom. The second-order valence-corrected chi connectivity index (χ2v) is 6.37. The highest BCUT2D eigenvalue weighted by molar-refractivity contribution is 7.86. The molecule has 0 fully saturated rings. The van der Waals surface area contributed by atoms with Gasteiger partial charge in [-0.25, -0.2) is 4.39 Å². The summed E-state index contributed by atoms with van der Waals surface area (Å²) in [5.41, 5.74) is 1.37. The Bertz CT molecular complexity index is 711. The van der Waals surface area contributed by atoms with Gasteiger partial charge in [0.1, 0.15) is 17.3 Å². The van der Waals surface area contributed by atoms with Crippen molar-refractivity contribution < 1.29 is 21.7 Å². The minimum atomic E-state index is -3.83. The number of halogens is 1. The average molecular weight is 324 g/mol. The van der Waals surface area contributed by atoms with Crippen LogP contribution in [0, 0.1) is 5.82 Å². The maximum absolute atomic E-state index is 13.1. The molecule has 0 N–H and O–H groups in total. The van der Waals surface area contributed by atoms with Crippen LogP contribution in [0.25, 0.3) is 0 Å². The van der Waals surface area contributed by atoms with E-state index in [9.17, 15) is 12.8 Å². The second kappa shape index (κ2) is 7.38. The van der Waals surface area contributed by atoms with Gasteiger partial charge >= 0.3 is 10.1 Å². The molecule has 0 radical (unpaired) electrons. The zero-order chi connectivity index (χ0) is 16.0. The van der Waals surface area contributed by atoms with Crippen molar-refractivity contribution in [3.63, 3.8) is 0 Å². The highest BCUT2D eigenvalue weighted by Gasteiger charge is 2.14. The molecule has 6 heteroatoms. The molecule has 0 aliphatic carbocycles. The third kappa shape index (κ3) is 5.13. The third-order valence-corrected chi connectivity index (χ3v) is 4.11. The topological polar surface area (TPSA) is 52.6 Å². The molecule has 118 valence electrons. The van der Waals surface area contributed by atoms with Crippen molar-refractivity contribution >= 4 is 10.1 Å². The number of rotatable bonds is 7. The van der Waals surface area contributed by atoms with E-state index in [1.807, 2.05) is 0 Å². The molecule has 0 aliphatic heterocycles. The molecule has 2 aromatic rings. The van der Waals surface area contributed by atoms with Crippen LogP contribution in [0.2, 0.25) is 0 Å². The van der Waals surface area contributed by atoms with Crippen LogP contribution in [0.1, 0.15) is 11.1 Å². The molecule has 0 saturated carbocycles. The van der Waals surface area contributed by atoms with Crippen molar-refractivity contribution in [1.29, 1.82) is 0 Å². The van der Waals surface area contributed by atoms with E-state index in [4.69, 9.17) is 8.92 Å². The molecular formula is C16H17FO4S. The van der Waals surface area contributed by atoms with E-state index in [0.29, 0.717) is 12.2 Å². The molecule has 22 heavy (non-hydrogen) atoms. The monoisotopic (exact) mass is 324 g/mol.